The highest BCUT2D eigenvalue weighted by molar-refractivity contribution is 9.10. The molecule has 28 heavy (non-hydrogen) atoms. The fourth-order valence-electron chi connectivity index (χ4n) is 2.45. The van der Waals surface area contributed by atoms with E-state index in [0.29, 0.717) is 32.5 Å². The van der Waals surface area contributed by atoms with Crippen molar-refractivity contribution in [2.24, 2.45) is 0 Å². The van der Waals surface area contributed by atoms with Crippen molar-refractivity contribution in [1.82, 2.24) is 9.78 Å². The number of anilines is 2. The number of hydrogen-bond donors (Lipinski definition) is 2. The summed E-state index contributed by atoms with van der Waals surface area (Å²) in [6.45, 7) is 2.38. The normalized spacial score (nSPS) is 10.6. The molecule has 0 aliphatic rings. The van der Waals surface area contributed by atoms with E-state index in [4.69, 9.17) is 17.0 Å². The number of aryl methyl sites for hydroxylation is 1. The first kappa shape index (κ1) is 20.4. The molecule has 0 fully saturated rings. The van der Waals surface area contributed by atoms with E-state index in [1.54, 1.807) is 29.1 Å². The third-order valence-electron chi connectivity index (χ3n) is 3.69. The molecular weight excluding hydrogens is 467 g/mol. The predicted octanol–water partition coefficient (Wildman–Crippen LogP) is 4.80. The van der Waals surface area contributed by atoms with Gasteiger partial charge < -0.3 is 15.4 Å². The number of nitrogens with one attached hydrogen (secondary N) is 2. The summed E-state index contributed by atoms with van der Waals surface area (Å²) in [6.07, 6.45) is 1.80. The van der Waals surface area contributed by atoms with Crippen molar-refractivity contribution < 1.29 is 13.9 Å². The van der Waals surface area contributed by atoms with Gasteiger partial charge in [0, 0.05) is 11.1 Å². The Balaban J connectivity index is 1.69. The Morgan fingerprint density at radius 3 is 2.75 bits per heavy atom. The molecule has 1 aromatic carbocycles. The van der Waals surface area contributed by atoms with E-state index >= 15 is 0 Å². The lowest BCUT2D eigenvalue weighted by molar-refractivity contribution is 0.0602. The van der Waals surface area contributed by atoms with Crippen LogP contribution in [0.1, 0.15) is 20.8 Å². The molecular formula is C18H16BrFN4O2S2. The third kappa shape index (κ3) is 4.94. The first-order valence-corrected chi connectivity index (χ1v) is 10.1. The van der Waals surface area contributed by atoms with Crippen molar-refractivity contribution in [3.63, 3.8) is 0 Å². The first-order chi connectivity index (χ1) is 13.4. The summed E-state index contributed by atoms with van der Waals surface area (Å²) in [5.74, 6) is -0.189. The van der Waals surface area contributed by atoms with Crippen LogP contribution in [0.3, 0.4) is 0 Å². The van der Waals surface area contributed by atoms with Crippen LogP contribution >= 0.6 is 39.5 Å². The van der Waals surface area contributed by atoms with Crippen LogP contribution in [-0.2, 0) is 11.3 Å². The van der Waals surface area contributed by atoms with Crippen LogP contribution in [0.25, 0.3) is 0 Å². The van der Waals surface area contributed by atoms with Crippen LogP contribution in [0.4, 0.5) is 15.2 Å². The molecule has 3 aromatic rings. The number of carbonyl (C=O) groups is 1. The van der Waals surface area contributed by atoms with Gasteiger partial charge in [-0.25, -0.2) is 9.18 Å². The van der Waals surface area contributed by atoms with Crippen molar-refractivity contribution >= 4 is 61.4 Å². The van der Waals surface area contributed by atoms with Gasteiger partial charge in [-0.15, -0.1) is 11.3 Å². The third-order valence-corrected chi connectivity index (χ3v) is 5.44. The van der Waals surface area contributed by atoms with Gasteiger partial charge in [-0.05, 0) is 58.8 Å². The molecule has 146 valence electrons. The number of methoxy groups -OCH3 is 1. The van der Waals surface area contributed by atoms with E-state index in [9.17, 15) is 9.18 Å². The minimum atomic E-state index is -0.431. The van der Waals surface area contributed by atoms with Crippen molar-refractivity contribution in [3.05, 3.63) is 62.8 Å². The van der Waals surface area contributed by atoms with Gasteiger partial charge >= 0.3 is 5.97 Å². The first-order valence-electron chi connectivity index (χ1n) is 8.10. The quantitative estimate of drug-likeness (QED) is 0.402. The van der Waals surface area contributed by atoms with Gasteiger partial charge in [0.05, 0.1) is 23.7 Å². The van der Waals surface area contributed by atoms with Crippen LogP contribution < -0.4 is 10.6 Å². The molecule has 3 rings (SSSR count). The van der Waals surface area contributed by atoms with Crippen LogP contribution in [0.15, 0.2) is 41.0 Å². The minimum absolute atomic E-state index is 0.278. The highest BCUT2D eigenvalue weighted by Crippen LogP contribution is 2.29. The van der Waals surface area contributed by atoms with Crippen molar-refractivity contribution in [1.29, 1.82) is 0 Å². The number of carbonyl (C=O) groups excluding carboxylic acids is 1. The molecule has 0 atom stereocenters. The lowest BCUT2D eigenvalue weighted by Gasteiger charge is -2.09. The van der Waals surface area contributed by atoms with Gasteiger partial charge in [0.15, 0.2) is 10.9 Å². The number of ether oxygens (including phenoxy) is 1. The number of thiocarbonyl (C=S) groups is 1. The Kier molecular flexibility index (Phi) is 6.42. The highest BCUT2D eigenvalue weighted by Gasteiger charge is 2.17. The molecule has 0 bridgehead atoms. The second-order valence-corrected chi connectivity index (χ2v) is 8.34. The number of esters is 1. The van der Waals surface area contributed by atoms with Gasteiger partial charge in [-0.2, -0.15) is 5.10 Å². The summed E-state index contributed by atoms with van der Waals surface area (Å²) in [5.41, 5.74) is 1.34. The molecule has 2 aromatic heterocycles. The van der Waals surface area contributed by atoms with Gasteiger partial charge in [0.25, 0.3) is 0 Å². The van der Waals surface area contributed by atoms with Gasteiger partial charge in [-0.1, -0.05) is 12.1 Å². The summed E-state index contributed by atoms with van der Waals surface area (Å²) in [5, 5.41) is 11.3. The van der Waals surface area contributed by atoms with E-state index < -0.39 is 5.97 Å². The molecule has 0 aliphatic carbocycles. The maximum Gasteiger partial charge on any atom is 0.340 e. The molecule has 0 radical (unpaired) electrons. The van der Waals surface area contributed by atoms with Crippen molar-refractivity contribution in [2.75, 3.05) is 17.7 Å². The summed E-state index contributed by atoms with van der Waals surface area (Å²) >= 11 is 10.2. The number of thiophene rings is 1. The fraction of sp³-hybridized carbons (Fsp3) is 0.167. The summed E-state index contributed by atoms with van der Waals surface area (Å²) in [6, 6.07) is 7.98. The Morgan fingerprint density at radius 1 is 1.36 bits per heavy atom. The standard InChI is InChI=1S/C18H16BrFN4O2S2/c1-10-7-13(17(25)26-2)16(28-10)22-18(27)21-15-14(19)9-24(23-15)8-11-3-5-12(20)6-4-11/h3-7,9H,8H2,1-2H3,(H2,21,22,23,27). The molecule has 0 unspecified atom stereocenters. The Hall–Kier alpha value is -2.30. The number of hydrogen-bond acceptors (Lipinski definition) is 5. The number of benzene rings is 1. The van der Waals surface area contributed by atoms with E-state index in [2.05, 4.69) is 31.7 Å². The Morgan fingerprint density at radius 2 is 2.07 bits per heavy atom. The van der Waals surface area contributed by atoms with E-state index in [-0.39, 0.29) is 5.82 Å². The van der Waals surface area contributed by atoms with Gasteiger partial charge in [-0.3, -0.25) is 4.68 Å². The fourth-order valence-corrected chi connectivity index (χ4v) is 4.03. The van der Waals surface area contributed by atoms with Crippen LogP contribution in [0, 0.1) is 12.7 Å². The second-order valence-electron chi connectivity index (χ2n) is 5.82. The number of rotatable bonds is 5. The zero-order valence-electron chi connectivity index (χ0n) is 15.0. The molecule has 2 N–H and O–H groups in total. The second kappa shape index (κ2) is 8.80. The smallest absolute Gasteiger partial charge is 0.340 e. The molecule has 10 heteroatoms. The summed E-state index contributed by atoms with van der Waals surface area (Å²) in [7, 11) is 1.33. The monoisotopic (exact) mass is 482 g/mol. The Labute approximate surface area is 178 Å². The van der Waals surface area contributed by atoms with Crippen LogP contribution in [0.5, 0.6) is 0 Å². The number of halogens is 2. The molecule has 0 amide bonds. The molecule has 0 saturated heterocycles. The maximum absolute atomic E-state index is 13.0. The number of nitrogens with zero attached hydrogens (tertiary/aromatic N) is 2. The summed E-state index contributed by atoms with van der Waals surface area (Å²) < 4.78 is 20.2. The SMILES string of the molecule is COC(=O)c1cc(C)sc1NC(=S)Nc1nn(Cc2ccc(F)cc2)cc1Br. The molecule has 0 saturated carbocycles. The number of aromatic nitrogens is 2. The van der Waals surface area contributed by atoms with E-state index in [1.165, 1.54) is 30.6 Å². The zero-order chi connectivity index (χ0) is 20.3. The lowest BCUT2D eigenvalue weighted by Crippen LogP contribution is -2.20. The molecule has 2 heterocycles. The van der Waals surface area contributed by atoms with Crippen LogP contribution in [0.2, 0.25) is 0 Å². The zero-order valence-corrected chi connectivity index (χ0v) is 18.2. The lowest BCUT2D eigenvalue weighted by atomic mass is 10.2. The van der Waals surface area contributed by atoms with E-state index in [0.717, 1.165) is 10.4 Å². The summed E-state index contributed by atoms with van der Waals surface area (Å²) in [4.78, 5) is 12.8. The average Bonchev–Trinajstić information content (AvgIpc) is 3.18. The van der Waals surface area contributed by atoms with Gasteiger partial charge in [0.1, 0.15) is 10.8 Å². The largest absolute Gasteiger partial charge is 0.465 e. The van der Waals surface area contributed by atoms with Crippen LogP contribution in [-0.4, -0.2) is 28.0 Å². The molecule has 0 spiro atoms. The predicted molar refractivity (Wildman–Crippen MR) is 116 cm³/mol. The van der Waals surface area contributed by atoms with Gasteiger partial charge in [0.2, 0.25) is 0 Å². The van der Waals surface area contributed by atoms with E-state index in [1.807, 2.05) is 6.92 Å². The van der Waals surface area contributed by atoms with Crippen molar-refractivity contribution in [2.45, 2.75) is 13.5 Å². The maximum atomic E-state index is 13.0. The highest BCUT2D eigenvalue weighted by atomic mass is 79.9. The molecule has 0 aliphatic heterocycles. The molecule has 6 nitrogen and oxygen atoms in total. The van der Waals surface area contributed by atoms with Crippen molar-refractivity contribution in [3.8, 4) is 0 Å². The minimum Gasteiger partial charge on any atom is -0.465 e. The Bertz CT molecular complexity index is 1020. The topological polar surface area (TPSA) is 68.2 Å². The average molecular weight is 483 g/mol.